The van der Waals surface area contributed by atoms with Crippen LogP contribution in [0, 0.1) is 0 Å². The molecule has 0 amide bonds. The molecule has 0 aliphatic heterocycles. The number of fused-ring (bicyclic) bond motifs is 1. The zero-order valence-corrected chi connectivity index (χ0v) is 10.3. The molecule has 0 radical (unpaired) electrons. The van der Waals surface area contributed by atoms with Crippen molar-refractivity contribution in [2.45, 2.75) is 25.2 Å². The first-order valence-electron chi connectivity index (χ1n) is 6.20. The van der Waals surface area contributed by atoms with E-state index in [1.54, 1.807) is 10.9 Å². The van der Waals surface area contributed by atoms with Gasteiger partial charge in [0.25, 0.3) is 0 Å². The minimum atomic E-state index is 0.0446. The van der Waals surface area contributed by atoms with Crippen molar-refractivity contribution in [3.8, 4) is 0 Å². The molecule has 3 rings (SSSR count). The molecule has 1 aromatic heterocycles. The van der Waals surface area contributed by atoms with E-state index in [2.05, 4.69) is 22.4 Å². The normalized spacial score (nSPS) is 17.7. The number of carbonyl (C=O) groups is 1. The Bertz CT molecular complexity index is 588. The van der Waals surface area contributed by atoms with Gasteiger partial charge in [-0.25, -0.2) is 0 Å². The predicted octanol–water partition coefficient (Wildman–Crippen LogP) is 1.66. The van der Waals surface area contributed by atoms with E-state index in [1.165, 1.54) is 11.1 Å². The molecule has 4 nitrogen and oxygen atoms in total. The van der Waals surface area contributed by atoms with Gasteiger partial charge in [0.15, 0.2) is 0 Å². The van der Waals surface area contributed by atoms with E-state index in [0.29, 0.717) is 6.42 Å². The summed E-state index contributed by atoms with van der Waals surface area (Å²) in [4.78, 5) is 12.3. The predicted molar refractivity (Wildman–Crippen MR) is 67.2 cm³/mol. The van der Waals surface area contributed by atoms with Crippen LogP contribution in [-0.4, -0.2) is 20.8 Å². The molecular formula is C14H15N3O. The molecule has 0 spiro atoms. The topological polar surface area (TPSA) is 47.8 Å². The van der Waals surface area contributed by atoms with Gasteiger partial charge in [-0.1, -0.05) is 29.5 Å². The molecule has 0 saturated carbocycles. The lowest BCUT2D eigenvalue weighted by atomic mass is 9.94. The average molecular weight is 241 g/mol. The first-order valence-corrected chi connectivity index (χ1v) is 6.20. The van der Waals surface area contributed by atoms with Crippen molar-refractivity contribution in [2.24, 2.45) is 7.05 Å². The fraction of sp³-hybridized carbons (Fsp3) is 0.357. The third-order valence-electron chi connectivity index (χ3n) is 3.53. The Kier molecular flexibility index (Phi) is 2.70. The van der Waals surface area contributed by atoms with Crippen LogP contribution >= 0.6 is 0 Å². The van der Waals surface area contributed by atoms with E-state index in [9.17, 15) is 4.79 Å². The van der Waals surface area contributed by atoms with E-state index in [-0.39, 0.29) is 11.7 Å². The van der Waals surface area contributed by atoms with E-state index in [0.717, 1.165) is 18.5 Å². The van der Waals surface area contributed by atoms with Crippen LogP contribution in [0.4, 0.5) is 0 Å². The van der Waals surface area contributed by atoms with Crippen molar-refractivity contribution in [2.75, 3.05) is 0 Å². The molecule has 0 fully saturated rings. The van der Waals surface area contributed by atoms with Gasteiger partial charge in [-0.2, -0.15) is 0 Å². The maximum absolute atomic E-state index is 12.3. The SMILES string of the molecule is Cn1cc(CC(=O)C2CCc3ccccc32)nn1. The molecule has 1 unspecified atom stereocenters. The number of benzene rings is 1. The van der Waals surface area contributed by atoms with Crippen molar-refractivity contribution in [3.05, 3.63) is 47.3 Å². The standard InChI is InChI=1S/C14H15N3O/c1-17-9-11(15-16-17)8-14(18)13-7-6-10-4-2-3-5-12(10)13/h2-5,9,13H,6-8H2,1H3. The first-order chi connectivity index (χ1) is 8.74. The highest BCUT2D eigenvalue weighted by Gasteiger charge is 2.28. The van der Waals surface area contributed by atoms with Crippen LogP contribution in [-0.2, 0) is 24.7 Å². The highest BCUT2D eigenvalue weighted by molar-refractivity contribution is 5.88. The summed E-state index contributed by atoms with van der Waals surface area (Å²) in [7, 11) is 1.81. The van der Waals surface area contributed by atoms with Crippen LogP contribution in [0.3, 0.4) is 0 Å². The van der Waals surface area contributed by atoms with E-state index in [4.69, 9.17) is 0 Å². The molecule has 1 heterocycles. The molecule has 1 aromatic carbocycles. The number of aromatic nitrogens is 3. The van der Waals surface area contributed by atoms with Crippen LogP contribution in [0.25, 0.3) is 0 Å². The average Bonchev–Trinajstić information content (AvgIpc) is 2.95. The van der Waals surface area contributed by atoms with Crippen molar-refractivity contribution in [1.29, 1.82) is 0 Å². The van der Waals surface area contributed by atoms with Crippen LogP contribution in [0.1, 0.15) is 29.2 Å². The Balaban J connectivity index is 1.78. The smallest absolute Gasteiger partial charge is 0.146 e. The van der Waals surface area contributed by atoms with E-state index < -0.39 is 0 Å². The lowest BCUT2D eigenvalue weighted by Gasteiger charge is -2.08. The van der Waals surface area contributed by atoms with Gasteiger partial charge in [0, 0.05) is 19.2 Å². The second-order valence-corrected chi connectivity index (χ2v) is 4.82. The summed E-state index contributed by atoms with van der Waals surface area (Å²) in [5.74, 6) is 0.295. The number of nitrogens with zero attached hydrogens (tertiary/aromatic N) is 3. The number of carbonyl (C=O) groups excluding carboxylic acids is 1. The van der Waals surface area contributed by atoms with E-state index in [1.807, 2.05) is 19.2 Å². The Hall–Kier alpha value is -1.97. The van der Waals surface area contributed by atoms with Gasteiger partial charge < -0.3 is 0 Å². The maximum Gasteiger partial charge on any atom is 0.146 e. The summed E-state index contributed by atoms with van der Waals surface area (Å²) >= 11 is 0. The summed E-state index contributed by atoms with van der Waals surface area (Å²) < 4.78 is 1.63. The summed E-state index contributed by atoms with van der Waals surface area (Å²) in [6.45, 7) is 0. The van der Waals surface area contributed by atoms with Gasteiger partial charge in [-0.15, -0.1) is 5.10 Å². The number of Topliss-reactive ketones (excluding diaryl/α,β-unsaturated/α-hetero) is 1. The number of hydrogen-bond acceptors (Lipinski definition) is 3. The fourth-order valence-electron chi connectivity index (χ4n) is 2.67. The molecule has 1 aliphatic rings. The van der Waals surface area contributed by atoms with Crippen molar-refractivity contribution < 1.29 is 4.79 Å². The fourth-order valence-corrected chi connectivity index (χ4v) is 2.67. The van der Waals surface area contributed by atoms with Gasteiger partial charge in [0.2, 0.25) is 0 Å². The highest BCUT2D eigenvalue weighted by atomic mass is 16.1. The van der Waals surface area contributed by atoms with Crippen LogP contribution < -0.4 is 0 Å². The molecule has 1 aliphatic carbocycles. The molecule has 0 bridgehead atoms. The summed E-state index contributed by atoms with van der Waals surface area (Å²) in [6.07, 6.45) is 4.12. The largest absolute Gasteiger partial charge is 0.299 e. The summed E-state index contributed by atoms with van der Waals surface area (Å²) in [5.41, 5.74) is 3.27. The second-order valence-electron chi connectivity index (χ2n) is 4.82. The summed E-state index contributed by atoms with van der Waals surface area (Å²) in [6, 6.07) is 8.23. The minimum absolute atomic E-state index is 0.0446. The maximum atomic E-state index is 12.3. The Morgan fingerprint density at radius 3 is 3.06 bits per heavy atom. The van der Waals surface area contributed by atoms with Gasteiger partial charge in [0.05, 0.1) is 12.1 Å². The number of rotatable bonds is 3. The third-order valence-corrected chi connectivity index (χ3v) is 3.53. The van der Waals surface area contributed by atoms with Crippen LogP contribution in [0.2, 0.25) is 0 Å². The number of hydrogen-bond donors (Lipinski definition) is 0. The molecule has 4 heteroatoms. The van der Waals surface area contributed by atoms with Crippen molar-refractivity contribution in [3.63, 3.8) is 0 Å². The zero-order chi connectivity index (χ0) is 12.5. The molecule has 0 N–H and O–H groups in total. The van der Waals surface area contributed by atoms with E-state index >= 15 is 0 Å². The number of ketones is 1. The Labute approximate surface area is 106 Å². The lowest BCUT2D eigenvalue weighted by Crippen LogP contribution is -2.12. The Morgan fingerprint density at radius 2 is 2.28 bits per heavy atom. The van der Waals surface area contributed by atoms with Crippen molar-refractivity contribution in [1.82, 2.24) is 15.0 Å². The highest BCUT2D eigenvalue weighted by Crippen LogP contribution is 2.33. The zero-order valence-electron chi connectivity index (χ0n) is 10.3. The van der Waals surface area contributed by atoms with Gasteiger partial charge in [-0.3, -0.25) is 9.48 Å². The lowest BCUT2D eigenvalue weighted by molar-refractivity contribution is -0.119. The molecule has 18 heavy (non-hydrogen) atoms. The molecule has 92 valence electrons. The second kappa shape index (κ2) is 4.37. The third kappa shape index (κ3) is 1.94. The quantitative estimate of drug-likeness (QED) is 0.821. The Morgan fingerprint density at radius 1 is 1.44 bits per heavy atom. The minimum Gasteiger partial charge on any atom is -0.299 e. The molecular weight excluding hydrogens is 226 g/mol. The summed E-state index contributed by atoms with van der Waals surface area (Å²) in [5, 5.41) is 7.83. The number of aryl methyl sites for hydroxylation is 2. The van der Waals surface area contributed by atoms with Gasteiger partial charge >= 0.3 is 0 Å². The molecule has 2 aromatic rings. The van der Waals surface area contributed by atoms with Gasteiger partial charge in [0.1, 0.15) is 5.78 Å². The first kappa shape index (κ1) is 11.1. The molecule has 1 atom stereocenters. The molecule has 0 saturated heterocycles. The van der Waals surface area contributed by atoms with Crippen LogP contribution in [0.15, 0.2) is 30.5 Å². The van der Waals surface area contributed by atoms with Crippen molar-refractivity contribution >= 4 is 5.78 Å². The van der Waals surface area contributed by atoms with Gasteiger partial charge in [-0.05, 0) is 24.0 Å². The monoisotopic (exact) mass is 241 g/mol. The van der Waals surface area contributed by atoms with Crippen LogP contribution in [0.5, 0.6) is 0 Å².